The molecule has 188 valence electrons. The van der Waals surface area contributed by atoms with E-state index in [9.17, 15) is 18.0 Å². The average molecular weight is 500 g/mol. The number of carbonyl (C=O) groups is 2. The molecule has 2 unspecified atom stereocenters. The van der Waals surface area contributed by atoms with Gasteiger partial charge in [-0.15, -0.1) is 0 Å². The number of ether oxygens (including phenoxy) is 1. The van der Waals surface area contributed by atoms with Gasteiger partial charge in [0.1, 0.15) is 6.10 Å². The number of carbonyl (C=O) groups excluding carboxylic acids is 2. The van der Waals surface area contributed by atoms with Crippen molar-refractivity contribution in [2.45, 2.75) is 42.8 Å². The number of benzene rings is 2. The summed E-state index contributed by atoms with van der Waals surface area (Å²) >= 11 is 0. The molecule has 1 fully saturated rings. The first-order valence-electron chi connectivity index (χ1n) is 11.7. The number of morpholine rings is 1. The highest BCUT2D eigenvalue weighted by Gasteiger charge is 2.29. The number of sulfone groups is 1. The van der Waals surface area contributed by atoms with Crippen LogP contribution in [0.5, 0.6) is 0 Å². The zero-order chi connectivity index (χ0) is 25.3. The second kappa shape index (κ2) is 12.7. The molecule has 35 heavy (non-hydrogen) atoms. The number of amides is 1. The van der Waals surface area contributed by atoms with E-state index in [-0.39, 0.29) is 17.1 Å². The Labute approximate surface area is 206 Å². The fraction of sp³-hybridized carbons (Fsp3) is 0.385. The zero-order valence-corrected chi connectivity index (χ0v) is 20.6. The second-order valence-corrected chi connectivity index (χ2v) is 10.6. The van der Waals surface area contributed by atoms with Crippen molar-refractivity contribution in [2.24, 2.45) is 11.7 Å². The van der Waals surface area contributed by atoms with Crippen LogP contribution in [0.1, 0.15) is 18.9 Å². The van der Waals surface area contributed by atoms with Gasteiger partial charge in [0.2, 0.25) is 5.91 Å². The first-order chi connectivity index (χ1) is 16.8. The third kappa shape index (κ3) is 8.10. The monoisotopic (exact) mass is 499 g/mol. The molecule has 0 spiro atoms. The Hall–Kier alpha value is -2.85. The molecular weight excluding hydrogens is 466 g/mol. The molecule has 0 radical (unpaired) electrons. The normalized spacial score (nSPS) is 19.1. The van der Waals surface area contributed by atoms with Crippen LogP contribution < -0.4 is 16.4 Å². The highest BCUT2D eigenvalue weighted by atomic mass is 32.2. The van der Waals surface area contributed by atoms with Crippen molar-refractivity contribution < 1.29 is 22.7 Å². The van der Waals surface area contributed by atoms with Gasteiger partial charge >= 0.3 is 0 Å². The Morgan fingerprint density at radius 2 is 1.80 bits per heavy atom. The van der Waals surface area contributed by atoms with Crippen LogP contribution in [0.4, 0.5) is 0 Å². The van der Waals surface area contributed by atoms with E-state index >= 15 is 0 Å². The molecule has 9 heteroatoms. The summed E-state index contributed by atoms with van der Waals surface area (Å²) in [6, 6.07) is 16.0. The molecule has 4 atom stereocenters. The number of Topliss-reactive ketones (excluding diaryl/α,β-unsaturated/α-hetero) is 1. The standard InChI is InChI=1S/C26H33N3O5S/c1-19(16-23(30)24-18-28-13-14-34-24)25(27)26(31)29-21(17-20-8-4-2-5-9-20)12-15-35(32,33)22-10-6-3-7-11-22/h2-12,15,19,21,24-25,28H,13-14,16-18,27H2,1H3,(H,29,31)/t19?,21-,24?,25+/m1/s1. The summed E-state index contributed by atoms with van der Waals surface area (Å²) in [7, 11) is -3.68. The van der Waals surface area contributed by atoms with Crippen molar-refractivity contribution in [3.05, 3.63) is 77.7 Å². The van der Waals surface area contributed by atoms with Crippen LogP contribution in [0.15, 0.2) is 77.0 Å². The fourth-order valence-corrected chi connectivity index (χ4v) is 4.90. The van der Waals surface area contributed by atoms with Crippen LogP contribution in [-0.4, -0.2) is 58.0 Å². The van der Waals surface area contributed by atoms with Crippen molar-refractivity contribution in [1.29, 1.82) is 0 Å². The SMILES string of the molecule is CC(CC(=O)C1CNCCO1)[C@H](N)C(=O)N[C@H](C=CS(=O)(=O)c1ccccc1)Cc1ccccc1. The van der Waals surface area contributed by atoms with E-state index in [1.165, 1.54) is 18.2 Å². The number of hydrogen-bond acceptors (Lipinski definition) is 7. The van der Waals surface area contributed by atoms with Crippen molar-refractivity contribution in [3.8, 4) is 0 Å². The van der Waals surface area contributed by atoms with Crippen LogP contribution >= 0.6 is 0 Å². The predicted molar refractivity (Wildman–Crippen MR) is 134 cm³/mol. The van der Waals surface area contributed by atoms with Crippen LogP contribution in [0.25, 0.3) is 0 Å². The van der Waals surface area contributed by atoms with E-state index in [0.29, 0.717) is 26.1 Å². The molecule has 8 nitrogen and oxygen atoms in total. The van der Waals surface area contributed by atoms with Gasteiger partial charge in [0.05, 0.1) is 23.6 Å². The lowest BCUT2D eigenvalue weighted by Crippen LogP contribution is -2.50. The summed E-state index contributed by atoms with van der Waals surface area (Å²) < 4.78 is 30.9. The van der Waals surface area contributed by atoms with E-state index in [4.69, 9.17) is 10.5 Å². The second-order valence-electron chi connectivity index (χ2n) is 8.73. The van der Waals surface area contributed by atoms with Crippen LogP contribution in [0, 0.1) is 5.92 Å². The third-order valence-electron chi connectivity index (χ3n) is 5.91. The van der Waals surface area contributed by atoms with Crippen molar-refractivity contribution in [3.63, 3.8) is 0 Å². The fourth-order valence-electron chi connectivity index (χ4n) is 3.81. The van der Waals surface area contributed by atoms with Crippen molar-refractivity contribution in [2.75, 3.05) is 19.7 Å². The summed E-state index contributed by atoms with van der Waals surface area (Å²) in [5.41, 5.74) is 7.12. The molecule has 0 saturated carbocycles. The smallest absolute Gasteiger partial charge is 0.237 e. The Morgan fingerprint density at radius 1 is 1.14 bits per heavy atom. The van der Waals surface area contributed by atoms with E-state index in [1.54, 1.807) is 25.1 Å². The lowest BCUT2D eigenvalue weighted by atomic mass is 9.93. The number of nitrogens with two attached hydrogens (primary N) is 1. The summed E-state index contributed by atoms with van der Waals surface area (Å²) in [5.74, 6) is -0.958. The summed E-state index contributed by atoms with van der Waals surface area (Å²) in [6.45, 7) is 3.38. The molecule has 1 saturated heterocycles. The van der Waals surface area contributed by atoms with Gasteiger partial charge in [-0.1, -0.05) is 61.5 Å². The van der Waals surface area contributed by atoms with E-state index in [0.717, 1.165) is 11.0 Å². The third-order valence-corrected chi connectivity index (χ3v) is 7.36. The molecule has 4 N–H and O–H groups in total. The topological polar surface area (TPSA) is 128 Å². The Balaban J connectivity index is 1.68. The van der Waals surface area contributed by atoms with Gasteiger partial charge in [-0.2, -0.15) is 0 Å². The molecule has 1 amide bonds. The van der Waals surface area contributed by atoms with Gasteiger partial charge in [-0.25, -0.2) is 8.42 Å². The quantitative estimate of drug-likeness (QED) is 0.429. The van der Waals surface area contributed by atoms with E-state index in [2.05, 4.69) is 10.6 Å². The van der Waals surface area contributed by atoms with Gasteiger partial charge in [0, 0.05) is 24.9 Å². The Bertz CT molecular complexity index is 1100. The zero-order valence-electron chi connectivity index (χ0n) is 19.8. The van der Waals surface area contributed by atoms with Crippen molar-refractivity contribution >= 4 is 21.5 Å². The van der Waals surface area contributed by atoms with Crippen LogP contribution in [-0.2, 0) is 30.6 Å². The minimum Gasteiger partial charge on any atom is -0.368 e. The maximum Gasteiger partial charge on any atom is 0.237 e. The largest absolute Gasteiger partial charge is 0.368 e. The van der Waals surface area contributed by atoms with Crippen LogP contribution in [0.2, 0.25) is 0 Å². The highest BCUT2D eigenvalue weighted by molar-refractivity contribution is 7.94. The summed E-state index contributed by atoms with van der Waals surface area (Å²) in [5, 5.41) is 7.08. The first kappa shape index (κ1) is 26.7. The van der Waals surface area contributed by atoms with Gasteiger partial charge in [-0.05, 0) is 30.0 Å². The van der Waals surface area contributed by atoms with Gasteiger partial charge < -0.3 is 21.1 Å². The van der Waals surface area contributed by atoms with Gasteiger partial charge in [-0.3, -0.25) is 9.59 Å². The molecule has 0 bridgehead atoms. The lowest BCUT2D eigenvalue weighted by Gasteiger charge is -2.26. The van der Waals surface area contributed by atoms with Crippen LogP contribution in [0.3, 0.4) is 0 Å². The minimum atomic E-state index is -3.68. The highest BCUT2D eigenvalue weighted by Crippen LogP contribution is 2.15. The van der Waals surface area contributed by atoms with E-state index in [1.807, 2.05) is 30.3 Å². The minimum absolute atomic E-state index is 0.0948. The molecule has 0 aromatic heterocycles. The Kier molecular flexibility index (Phi) is 9.73. The molecule has 1 aliphatic heterocycles. The molecule has 1 heterocycles. The number of ketones is 1. The molecule has 1 aliphatic rings. The molecular formula is C26H33N3O5S. The average Bonchev–Trinajstić information content (AvgIpc) is 2.88. The van der Waals surface area contributed by atoms with Gasteiger partial charge in [0.25, 0.3) is 0 Å². The summed E-state index contributed by atoms with van der Waals surface area (Å²) in [4.78, 5) is 25.7. The van der Waals surface area contributed by atoms with E-state index < -0.39 is 39.8 Å². The molecule has 3 rings (SSSR count). The first-order valence-corrected chi connectivity index (χ1v) is 13.2. The lowest BCUT2D eigenvalue weighted by molar-refractivity contribution is -0.133. The molecule has 0 aliphatic carbocycles. The number of hydrogen-bond donors (Lipinski definition) is 3. The Morgan fingerprint density at radius 3 is 2.43 bits per heavy atom. The number of rotatable bonds is 11. The maximum absolute atomic E-state index is 13.0. The summed E-state index contributed by atoms with van der Waals surface area (Å²) in [6.07, 6.45) is 1.44. The molecule has 2 aromatic carbocycles. The predicted octanol–water partition coefficient (Wildman–Crippen LogP) is 1.61. The van der Waals surface area contributed by atoms with Crippen molar-refractivity contribution in [1.82, 2.24) is 10.6 Å². The number of nitrogens with one attached hydrogen (secondary N) is 2. The maximum atomic E-state index is 13.0. The molecule has 2 aromatic rings. The van der Waals surface area contributed by atoms with Gasteiger partial charge in [0.15, 0.2) is 15.6 Å².